The predicted octanol–water partition coefficient (Wildman–Crippen LogP) is 3.77. The molecule has 0 spiro atoms. The lowest BCUT2D eigenvalue weighted by molar-refractivity contribution is -0.138. The van der Waals surface area contributed by atoms with Gasteiger partial charge in [0.15, 0.2) is 0 Å². The molecule has 1 rings (SSSR count). The van der Waals surface area contributed by atoms with Crippen LogP contribution in [0.15, 0.2) is 42.5 Å². The monoisotopic (exact) mass is 264 g/mol. The van der Waals surface area contributed by atoms with Gasteiger partial charge in [0.05, 0.1) is 0 Å². The fraction of sp³-hybridized carbons (Fsp3) is 0.400. The summed E-state index contributed by atoms with van der Waals surface area (Å²) in [4.78, 5) is 11.2. The Labute approximate surface area is 113 Å². The third kappa shape index (κ3) is 4.57. The van der Waals surface area contributed by atoms with Crippen molar-refractivity contribution in [3.8, 4) is 0 Å². The molecule has 0 aliphatic rings. The van der Waals surface area contributed by atoms with Gasteiger partial charge < -0.3 is 4.74 Å². The molecule has 0 bridgehead atoms. The van der Waals surface area contributed by atoms with E-state index in [2.05, 4.69) is 32.6 Å². The Balaban J connectivity index is 2.39. The van der Waals surface area contributed by atoms with Gasteiger partial charge in [0.2, 0.25) is 0 Å². The number of rotatable bonds is 6. The van der Waals surface area contributed by atoms with Gasteiger partial charge >= 0.3 is 5.97 Å². The van der Waals surface area contributed by atoms with E-state index in [1.54, 1.807) is 18.7 Å². The Kier molecular flexibility index (Phi) is 5.48. The highest BCUT2D eigenvalue weighted by atomic mass is 32.2. The van der Waals surface area contributed by atoms with Crippen LogP contribution in [0.2, 0.25) is 0 Å². The minimum Gasteiger partial charge on any atom is -0.461 e. The number of ether oxygens (including phenoxy) is 1. The van der Waals surface area contributed by atoms with E-state index in [0.29, 0.717) is 12.2 Å². The number of carbonyl (C=O) groups excluding carboxylic acids is 1. The lowest BCUT2D eigenvalue weighted by Gasteiger charge is -2.24. The first kappa shape index (κ1) is 14.8. The molecule has 0 radical (unpaired) electrons. The largest absolute Gasteiger partial charge is 0.461 e. The van der Waals surface area contributed by atoms with Gasteiger partial charge in [0, 0.05) is 16.1 Å². The first-order valence-electron chi connectivity index (χ1n) is 5.95. The van der Waals surface area contributed by atoms with Crippen LogP contribution in [0, 0.1) is 0 Å². The third-order valence-corrected chi connectivity index (χ3v) is 3.93. The van der Waals surface area contributed by atoms with Crippen molar-refractivity contribution in [1.82, 2.24) is 0 Å². The van der Waals surface area contributed by atoms with E-state index in [9.17, 15) is 4.79 Å². The average Bonchev–Trinajstić information content (AvgIpc) is 2.35. The number of carbonyl (C=O) groups is 1. The summed E-state index contributed by atoms with van der Waals surface area (Å²) in [7, 11) is 0. The van der Waals surface area contributed by atoms with Gasteiger partial charge in [0.25, 0.3) is 0 Å². The number of thioether (sulfide) groups is 1. The third-order valence-electron chi connectivity index (χ3n) is 2.60. The normalized spacial score (nSPS) is 11.1. The molecule has 0 saturated carbocycles. The summed E-state index contributed by atoms with van der Waals surface area (Å²) in [6.45, 7) is 9.98. The lowest BCUT2D eigenvalue weighted by Crippen LogP contribution is -2.15. The van der Waals surface area contributed by atoms with Crippen LogP contribution in [0.1, 0.15) is 26.3 Å². The smallest absolute Gasteiger partial charge is 0.333 e. The first-order chi connectivity index (χ1) is 8.43. The van der Waals surface area contributed by atoms with Gasteiger partial charge in [-0.1, -0.05) is 36.9 Å². The Morgan fingerprint density at radius 3 is 2.50 bits per heavy atom. The van der Waals surface area contributed by atoms with E-state index < -0.39 is 0 Å². The summed E-state index contributed by atoms with van der Waals surface area (Å²) in [5.74, 6) is 0.467. The summed E-state index contributed by atoms with van der Waals surface area (Å²) in [5, 5.41) is 0. The molecule has 0 atom stereocenters. The van der Waals surface area contributed by atoms with Crippen LogP contribution < -0.4 is 0 Å². The molecule has 98 valence electrons. The Morgan fingerprint density at radius 1 is 1.33 bits per heavy atom. The maximum Gasteiger partial charge on any atom is 0.333 e. The van der Waals surface area contributed by atoms with E-state index in [4.69, 9.17) is 4.74 Å². The Bertz CT molecular complexity index is 410. The zero-order valence-electron chi connectivity index (χ0n) is 11.2. The van der Waals surface area contributed by atoms with Crippen LogP contribution >= 0.6 is 11.8 Å². The number of hydrogen-bond donors (Lipinski definition) is 0. The van der Waals surface area contributed by atoms with Crippen molar-refractivity contribution >= 4 is 17.7 Å². The Hall–Kier alpha value is -1.22. The molecule has 0 fully saturated rings. The SMILES string of the molecule is C=C(C)C(=O)OCCSC(C)(C)c1ccccc1. The second-order valence-electron chi connectivity index (χ2n) is 4.64. The van der Waals surface area contributed by atoms with Crippen LogP contribution in [0.3, 0.4) is 0 Å². The van der Waals surface area contributed by atoms with Crippen molar-refractivity contribution < 1.29 is 9.53 Å². The lowest BCUT2D eigenvalue weighted by atomic mass is 10.0. The van der Waals surface area contributed by atoms with E-state index >= 15 is 0 Å². The van der Waals surface area contributed by atoms with Crippen molar-refractivity contribution in [3.63, 3.8) is 0 Å². The highest BCUT2D eigenvalue weighted by Gasteiger charge is 2.20. The summed E-state index contributed by atoms with van der Waals surface area (Å²) in [5.41, 5.74) is 1.73. The van der Waals surface area contributed by atoms with Crippen molar-refractivity contribution in [2.45, 2.75) is 25.5 Å². The van der Waals surface area contributed by atoms with Crippen LogP contribution in [-0.4, -0.2) is 18.3 Å². The van der Waals surface area contributed by atoms with Gasteiger partial charge in [-0.05, 0) is 26.3 Å². The van der Waals surface area contributed by atoms with E-state index in [0.717, 1.165) is 5.75 Å². The van der Waals surface area contributed by atoms with Crippen LogP contribution in [-0.2, 0) is 14.3 Å². The highest BCUT2D eigenvalue weighted by molar-refractivity contribution is 8.00. The predicted molar refractivity (Wildman–Crippen MR) is 77.7 cm³/mol. The molecule has 0 heterocycles. The molecular weight excluding hydrogens is 244 g/mol. The summed E-state index contributed by atoms with van der Waals surface area (Å²) < 4.78 is 5.10. The minimum absolute atomic E-state index is 0.0247. The van der Waals surface area contributed by atoms with Gasteiger partial charge in [0.1, 0.15) is 6.61 Å². The quantitative estimate of drug-likeness (QED) is 0.444. The van der Waals surface area contributed by atoms with Crippen molar-refractivity contribution in [2.75, 3.05) is 12.4 Å². The van der Waals surface area contributed by atoms with Crippen molar-refractivity contribution in [1.29, 1.82) is 0 Å². The molecule has 2 nitrogen and oxygen atoms in total. The molecule has 0 amide bonds. The van der Waals surface area contributed by atoms with E-state index in [1.165, 1.54) is 5.56 Å². The number of esters is 1. The second kappa shape index (κ2) is 6.64. The minimum atomic E-state index is -0.312. The summed E-state index contributed by atoms with van der Waals surface area (Å²) in [6.07, 6.45) is 0. The Morgan fingerprint density at radius 2 is 1.94 bits per heavy atom. The number of benzene rings is 1. The fourth-order valence-corrected chi connectivity index (χ4v) is 2.46. The van der Waals surface area contributed by atoms with E-state index in [1.807, 2.05) is 18.2 Å². The zero-order valence-corrected chi connectivity index (χ0v) is 12.0. The zero-order chi connectivity index (χ0) is 13.6. The summed E-state index contributed by atoms with van der Waals surface area (Å²) in [6, 6.07) is 10.3. The maximum atomic E-state index is 11.2. The van der Waals surface area contributed by atoms with Crippen LogP contribution in [0.5, 0.6) is 0 Å². The summed E-state index contributed by atoms with van der Waals surface area (Å²) >= 11 is 1.78. The molecule has 0 aliphatic heterocycles. The second-order valence-corrected chi connectivity index (χ2v) is 6.36. The molecule has 0 unspecified atom stereocenters. The topological polar surface area (TPSA) is 26.3 Å². The van der Waals surface area contributed by atoms with Gasteiger partial charge in [-0.25, -0.2) is 4.79 Å². The van der Waals surface area contributed by atoms with Gasteiger partial charge in [-0.2, -0.15) is 0 Å². The van der Waals surface area contributed by atoms with Crippen LogP contribution in [0.4, 0.5) is 0 Å². The highest BCUT2D eigenvalue weighted by Crippen LogP contribution is 2.35. The standard InChI is InChI=1S/C15H20O2S/c1-12(2)14(16)17-10-11-18-15(3,4)13-8-6-5-7-9-13/h5-9H,1,10-11H2,2-4H3. The maximum absolute atomic E-state index is 11.2. The molecule has 18 heavy (non-hydrogen) atoms. The van der Waals surface area contributed by atoms with Crippen LogP contribution in [0.25, 0.3) is 0 Å². The first-order valence-corrected chi connectivity index (χ1v) is 6.94. The van der Waals surface area contributed by atoms with Gasteiger partial charge in [-0.15, -0.1) is 11.8 Å². The van der Waals surface area contributed by atoms with Gasteiger partial charge in [-0.3, -0.25) is 0 Å². The molecule has 0 aromatic heterocycles. The molecule has 0 N–H and O–H groups in total. The molecule has 3 heteroatoms. The fourth-order valence-electron chi connectivity index (χ4n) is 1.48. The average molecular weight is 264 g/mol. The molecule has 0 saturated heterocycles. The molecule has 1 aromatic rings. The number of hydrogen-bond acceptors (Lipinski definition) is 3. The molecule has 1 aromatic carbocycles. The molecular formula is C15H20O2S. The van der Waals surface area contributed by atoms with Crippen molar-refractivity contribution in [2.24, 2.45) is 0 Å². The molecule has 0 aliphatic carbocycles. The van der Waals surface area contributed by atoms with E-state index in [-0.39, 0.29) is 10.7 Å². The van der Waals surface area contributed by atoms with Crippen molar-refractivity contribution in [3.05, 3.63) is 48.0 Å².